The van der Waals surface area contributed by atoms with Gasteiger partial charge < -0.3 is 0 Å². The van der Waals surface area contributed by atoms with E-state index in [4.69, 9.17) is 6.42 Å². The predicted molar refractivity (Wildman–Crippen MR) is 53.1 cm³/mol. The van der Waals surface area contributed by atoms with Crippen molar-refractivity contribution >= 4 is 12.4 Å². The predicted octanol–water partition coefficient (Wildman–Crippen LogP) is 2.16. The van der Waals surface area contributed by atoms with E-state index in [-0.39, 0.29) is 12.4 Å². The van der Waals surface area contributed by atoms with Gasteiger partial charge in [-0.25, -0.2) is 0 Å². The number of nitrogens with zero attached hydrogens (tertiary/aromatic N) is 1. The molecule has 0 rings (SSSR count). The Morgan fingerprint density at radius 3 is 2.45 bits per heavy atom. The minimum Gasteiger partial charge on any atom is -0.295 e. The Morgan fingerprint density at radius 2 is 2.00 bits per heavy atom. The second-order valence-corrected chi connectivity index (χ2v) is 2.65. The summed E-state index contributed by atoms with van der Waals surface area (Å²) in [6.45, 7) is 4.13. The van der Waals surface area contributed by atoms with E-state index in [0.717, 1.165) is 13.1 Å². The van der Waals surface area contributed by atoms with Crippen LogP contribution in [-0.2, 0) is 0 Å². The molecule has 0 saturated heterocycles. The van der Waals surface area contributed by atoms with Gasteiger partial charge in [0.1, 0.15) is 0 Å². The molecule has 66 valence electrons. The van der Waals surface area contributed by atoms with E-state index in [1.54, 1.807) is 0 Å². The van der Waals surface area contributed by atoms with Crippen LogP contribution in [0.5, 0.6) is 0 Å². The molecule has 0 fully saturated rings. The number of unbranched alkanes of at least 4 members (excludes halogenated alkanes) is 2. The topological polar surface area (TPSA) is 3.24 Å². The third-order valence-electron chi connectivity index (χ3n) is 1.50. The van der Waals surface area contributed by atoms with Crippen LogP contribution in [0.3, 0.4) is 0 Å². The van der Waals surface area contributed by atoms with Crippen LogP contribution in [0.25, 0.3) is 0 Å². The summed E-state index contributed by atoms with van der Waals surface area (Å²) in [6.07, 6.45) is 9.01. The van der Waals surface area contributed by atoms with Crippen molar-refractivity contribution in [3.05, 3.63) is 0 Å². The lowest BCUT2D eigenvalue weighted by Gasteiger charge is -2.11. The van der Waals surface area contributed by atoms with Gasteiger partial charge in [0, 0.05) is 0 Å². The summed E-state index contributed by atoms with van der Waals surface area (Å²) in [6, 6.07) is 0. The molecule has 11 heavy (non-hydrogen) atoms. The molecule has 0 N–H and O–H groups in total. The van der Waals surface area contributed by atoms with Crippen molar-refractivity contribution in [3.63, 3.8) is 0 Å². The molecule has 0 aromatic heterocycles. The van der Waals surface area contributed by atoms with E-state index >= 15 is 0 Å². The highest BCUT2D eigenvalue weighted by Crippen LogP contribution is 1.94. The zero-order valence-corrected chi connectivity index (χ0v) is 8.28. The summed E-state index contributed by atoms with van der Waals surface area (Å²) >= 11 is 0. The Bertz CT molecular complexity index is 107. The van der Waals surface area contributed by atoms with Crippen LogP contribution >= 0.6 is 12.4 Å². The number of hydrogen-bond acceptors (Lipinski definition) is 1. The molecule has 0 aromatic rings. The fraction of sp³-hybridized carbons (Fsp3) is 0.778. The fourth-order valence-corrected chi connectivity index (χ4v) is 0.867. The minimum absolute atomic E-state index is 0. The van der Waals surface area contributed by atoms with Crippen LogP contribution in [0.2, 0.25) is 0 Å². The Kier molecular flexibility index (Phi) is 12.0. The van der Waals surface area contributed by atoms with Crippen molar-refractivity contribution in [3.8, 4) is 12.3 Å². The van der Waals surface area contributed by atoms with Gasteiger partial charge in [0.15, 0.2) is 0 Å². The zero-order chi connectivity index (χ0) is 7.82. The van der Waals surface area contributed by atoms with E-state index in [2.05, 4.69) is 24.8 Å². The Morgan fingerprint density at radius 1 is 1.36 bits per heavy atom. The molecule has 0 heterocycles. The molecule has 2 heteroatoms. The van der Waals surface area contributed by atoms with Gasteiger partial charge in [-0.15, -0.1) is 18.8 Å². The van der Waals surface area contributed by atoms with Crippen molar-refractivity contribution in [2.45, 2.75) is 26.2 Å². The highest BCUT2D eigenvalue weighted by atomic mass is 35.5. The van der Waals surface area contributed by atoms with Gasteiger partial charge >= 0.3 is 0 Å². The molecule has 0 atom stereocenters. The number of terminal acetylenes is 1. The van der Waals surface area contributed by atoms with E-state index in [9.17, 15) is 0 Å². The Balaban J connectivity index is 0. The van der Waals surface area contributed by atoms with Crippen molar-refractivity contribution in [1.29, 1.82) is 0 Å². The van der Waals surface area contributed by atoms with Gasteiger partial charge in [-0.2, -0.15) is 0 Å². The number of hydrogen-bond donors (Lipinski definition) is 0. The summed E-state index contributed by atoms with van der Waals surface area (Å²) < 4.78 is 0. The van der Waals surface area contributed by atoms with Crippen LogP contribution in [-0.4, -0.2) is 25.0 Å². The lowest BCUT2D eigenvalue weighted by Crippen LogP contribution is -2.19. The van der Waals surface area contributed by atoms with Crippen molar-refractivity contribution in [1.82, 2.24) is 4.90 Å². The fourth-order valence-electron chi connectivity index (χ4n) is 0.867. The van der Waals surface area contributed by atoms with Crippen LogP contribution in [0, 0.1) is 12.3 Å². The maximum absolute atomic E-state index is 5.14. The number of halogens is 1. The summed E-state index contributed by atoms with van der Waals surface area (Å²) in [5.74, 6) is 2.62. The minimum atomic E-state index is 0. The van der Waals surface area contributed by atoms with Gasteiger partial charge in [0.05, 0.1) is 6.54 Å². The summed E-state index contributed by atoms with van der Waals surface area (Å²) in [5.41, 5.74) is 0. The molecule has 0 aliphatic heterocycles. The molecule has 0 aromatic carbocycles. The Labute approximate surface area is 76.6 Å². The third-order valence-corrected chi connectivity index (χ3v) is 1.50. The monoisotopic (exact) mass is 175 g/mol. The van der Waals surface area contributed by atoms with Crippen molar-refractivity contribution in [2.75, 3.05) is 20.1 Å². The first-order chi connectivity index (χ1) is 4.81. The molecule has 0 bridgehead atoms. The first-order valence-corrected chi connectivity index (χ1v) is 3.93. The average molecular weight is 176 g/mol. The van der Waals surface area contributed by atoms with Crippen LogP contribution < -0.4 is 0 Å². The maximum Gasteiger partial charge on any atom is 0.0596 e. The largest absolute Gasteiger partial charge is 0.295 e. The smallest absolute Gasteiger partial charge is 0.0596 e. The molecule has 0 aliphatic carbocycles. The molecule has 1 nitrogen and oxygen atoms in total. The van der Waals surface area contributed by atoms with E-state index < -0.39 is 0 Å². The van der Waals surface area contributed by atoms with E-state index in [1.807, 2.05) is 0 Å². The second-order valence-electron chi connectivity index (χ2n) is 2.65. The summed E-state index contributed by atoms with van der Waals surface area (Å²) in [7, 11) is 2.06. The molecule has 0 amide bonds. The standard InChI is InChI=1S/C9H17N.ClH/c1-4-6-7-9-10(3)8-5-2;/h2H,4,6-9H2,1,3H3;1H. The molecular formula is C9H18ClN. The Hall–Kier alpha value is -0.190. The highest BCUT2D eigenvalue weighted by Gasteiger charge is 1.92. The van der Waals surface area contributed by atoms with E-state index in [1.165, 1.54) is 19.3 Å². The molecular weight excluding hydrogens is 158 g/mol. The van der Waals surface area contributed by atoms with Crippen LogP contribution in [0.4, 0.5) is 0 Å². The van der Waals surface area contributed by atoms with Gasteiger partial charge in [0.2, 0.25) is 0 Å². The van der Waals surface area contributed by atoms with E-state index in [0.29, 0.717) is 0 Å². The van der Waals surface area contributed by atoms with Gasteiger partial charge in [-0.05, 0) is 20.0 Å². The zero-order valence-electron chi connectivity index (χ0n) is 7.47. The second kappa shape index (κ2) is 9.81. The highest BCUT2D eigenvalue weighted by molar-refractivity contribution is 5.85. The van der Waals surface area contributed by atoms with Crippen molar-refractivity contribution in [2.24, 2.45) is 0 Å². The normalized spacial score (nSPS) is 8.91. The lowest BCUT2D eigenvalue weighted by atomic mass is 10.2. The molecule has 0 spiro atoms. The first-order valence-electron chi connectivity index (χ1n) is 3.93. The lowest BCUT2D eigenvalue weighted by molar-refractivity contribution is 0.364. The molecule has 0 radical (unpaired) electrons. The van der Waals surface area contributed by atoms with Gasteiger partial charge in [0.25, 0.3) is 0 Å². The average Bonchev–Trinajstić information content (AvgIpc) is 1.89. The summed E-state index contributed by atoms with van der Waals surface area (Å²) in [5, 5.41) is 0. The van der Waals surface area contributed by atoms with Crippen LogP contribution in [0.1, 0.15) is 26.2 Å². The van der Waals surface area contributed by atoms with Crippen LogP contribution in [0.15, 0.2) is 0 Å². The first kappa shape index (κ1) is 13.4. The summed E-state index contributed by atoms with van der Waals surface area (Å²) in [4.78, 5) is 2.18. The molecule has 0 aliphatic rings. The quantitative estimate of drug-likeness (QED) is 0.457. The number of rotatable bonds is 5. The maximum atomic E-state index is 5.14. The molecule has 0 saturated carbocycles. The van der Waals surface area contributed by atoms with Gasteiger partial charge in [-0.3, -0.25) is 4.90 Å². The third kappa shape index (κ3) is 9.81. The van der Waals surface area contributed by atoms with Gasteiger partial charge in [-0.1, -0.05) is 25.7 Å². The SMILES string of the molecule is C#CCN(C)CCCCC.Cl. The van der Waals surface area contributed by atoms with Crippen molar-refractivity contribution < 1.29 is 0 Å². The molecule has 0 unspecified atom stereocenters.